The number of halogens is 2. The van der Waals surface area contributed by atoms with Crippen LogP contribution >= 0.6 is 11.6 Å². The molecule has 3 aliphatic heterocycles. The Labute approximate surface area is 158 Å². The highest BCUT2D eigenvalue weighted by Gasteiger charge is 2.47. The monoisotopic (exact) mass is 381 g/mol. The van der Waals surface area contributed by atoms with Crippen molar-refractivity contribution in [2.24, 2.45) is 0 Å². The van der Waals surface area contributed by atoms with Crippen LogP contribution < -0.4 is 0 Å². The van der Waals surface area contributed by atoms with Crippen molar-refractivity contribution in [3.63, 3.8) is 0 Å². The highest BCUT2D eigenvalue weighted by atomic mass is 35.5. The highest BCUT2D eigenvalue weighted by Crippen LogP contribution is 2.29. The number of carbonyl (C=O) groups is 1. The fourth-order valence-corrected chi connectivity index (χ4v) is 4.53. The number of amides is 1. The fourth-order valence-electron chi connectivity index (χ4n) is 4.31. The van der Waals surface area contributed by atoms with Crippen molar-refractivity contribution in [2.75, 3.05) is 39.3 Å². The van der Waals surface area contributed by atoms with Gasteiger partial charge in [0.15, 0.2) is 0 Å². The number of fused-ring (bicyclic) bond motifs is 1. The van der Waals surface area contributed by atoms with Gasteiger partial charge in [0.05, 0.1) is 6.04 Å². The lowest BCUT2D eigenvalue weighted by Gasteiger charge is -2.29. The number of likely N-dealkylation sites (tertiary alicyclic amines) is 2. The number of rotatable bonds is 5. The quantitative estimate of drug-likeness (QED) is 0.785. The van der Waals surface area contributed by atoms with Gasteiger partial charge < -0.3 is 9.64 Å². The lowest BCUT2D eigenvalue weighted by molar-refractivity contribution is 0.116. The van der Waals surface area contributed by atoms with Crippen molar-refractivity contribution in [1.82, 2.24) is 14.7 Å². The molecule has 0 aliphatic carbocycles. The molecule has 1 aromatic carbocycles. The van der Waals surface area contributed by atoms with E-state index in [1.54, 1.807) is 12.1 Å². The van der Waals surface area contributed by atoms with Gasteiger partial charge in [0.2, 0.25) is 0 Å². The van der Waals surface area contributed by atoms with Crippen LogP contribution in [-0.4, -0.2) is 72.2 Å². The molecule has 7 heteroatoms. The minimum atomic E-state index is -0.284. The third kappa shape index (κ3) is 3.68. The van der Waals surface area contributed by atoms with Crippen molar-refractivity contribution < 1.29 is 13.9 Å². The average molecular weight is 382 g/mol. The van der Waals surface area contributed by atoms with Gasteiger partial charge >= 0.3 is 6.09 Å². The van der Waals surface area contributed by atoms with Crippen LogP contribution in [0.25, 0.3) is 0 Å². The summed E-state index contributed by atoms with van der Waals surface area (Å²) in [5.41, 5.74) is 0.514. The van der Waals surface area contributed by atoms with E-state index in [9.17, 15) is 9.18 Å². The summed E-state index contributed by atoms with van der Waals surface area (Å²) in [6.07, 6.45) is 3.46. The summed E-state index contributed by atoms with van der Waals surface area (Å²) in [5.74, 6) is -0.284. The molecule has 0 spiro atoms. The van der Waals surface area contributed by atoms with E-state index < -0.39 is 0 Å². The van der Waals surface area contributed by atoms with E-state index in [1.807, 2.05) is 4.90 Å². The molecule has 0 aromatic heterocycles. The number of carbonyl (C=O) groups excluding carboxylic acids is 1. The lowest BCUT2D eigenvalue weighted by Crippen LogP contribution is -2.43. The molecule has 0 radical (unpaired) electrons. The number of hydrogen-bond acceptors (Lipinski definition) is 4. The first-order valence-electron chi connectivity index (χ1n) is 9.46. The SMILES string of the molecule is O=C1O[C@@H]2CN(Cc3c(F)cccc3Cl)C[C@@H]2N1CCN1CCCCC1. The van der Waals surface area contributed by atoms with Crippen LogP contribution in [0.4, 0.5) is 9.18 Å². The van der Waals surface area contributed by atoms with E-state index in [-0.39, 0.29) is 24.1 Å². The molecule has 142 valence electrons. The Bertz CT molecular complexity index is 648. The van der Waals surface area contributed by atoms with Crippen LogP contribution in [0, 0.1) is 5.82 Å². The predicted molar refractivity (Wildman–Crippen MR) is 97.7 cm³/mol. The van der Waals surface area contributed by atoms with Gasteiger partial charge in [-0.2, -0.15) is 0 Å². The fraction of sp³-hybridized carbons (Fsp3) is 0.632. The zero-order valence-electron chi connectivity index (χ0n) is 14.9. The Kier molecular flexibility index (Phi) is 5.34. The topological polar surface area (TPSA) is 36.0 Å². The molecular formula is C19H25ClFN3O2. The largest absolute Gasteiger partial charge is 0.442 e. The maximum absolute atomic E-state index is 14.0. The van der Waals surface area contributed by atoms with Crippen LogP contribution in [0.15, 0.2) is 18.2 Å². The Morgan fingerprint density at radius 2 is 1.92 bits per heavy atom. The third-order valence-electron chi connectivity index (χ3n) is 5.75. The first kappa shape index (κ1) is 18.0. The summed E-state index contributed by atoms with van der Waals surface area (Å²) in [4.78, 5) is 18.6. The summed E-state index contributed by atoms with van der Waals surface area (Å²) in [7, 11) is 0. The van der Waals surface area contributed by atoms with Crippen LogP contribution in [-0.2, 0) is 11.3 Å². The predicted octanol–water partition coefficient (Wildman–Crippen LogP) is 2.97. The normalized spacial score (nSPS) is 27.0. The molecule has 2 atom stereocenters. The van der Waals surface area contributed by atoms with Gasteiger partial charge in [0, 0.05) is 43.3 Å². The summed E-state index contributed by atoms with van der Waals surface area (Å²) in [6.45, 7) is 5.61. The smallest absolute Gasteiger partial charge is 0.410 e. The lowest BCUT2D eigenvalue weighted by atomic mass is 10.1. The van der Waals surface area contributed by atoms with Gasteiger partial charge in [-0.05, 0) is 38.1 Å². The minimum absolute atomic E-state index is 0.0536. The van der Waals surface area contributed by atoms with Gasteiger partial charge in [0.25, 0.3) is 0 Å². The highest BCUT2D eigenvalue weighted by molar-refractivity contribution is 6.31. The Hall–Kier alpha value is -1.37. The Balaban J connectivity index is 1.36. The van der Waals surface area contributed by atoms with E-state index in [0.717, 1.165) is 19.6 Å². The summed E-state index contributed by atoms with van der Waals surface area (Å²) in [6, 6.07) is 4.81. The first-order valence-corrected chi connectivity index (χ1v) is 9.84. The van der Waals surface area contributed by atoms with Crippen LogP contribution in [0.1, 0.15) is 24.8 Å². The molecule has 0 bridgehead atoms. The summed E-state index contributed by atoms with van der Waals surface area (Å²) in [5, 5.41) is 0.445. The van der Waals surface area contributed by atoms with Gasteiger partial charge in [-0.1, -0.05) is 24.1 Å². The molecule has 5 nitrogen and oxygen atoms in total. The molecule has 1 amide bonds. The molecule has 4 rings (SSSR count). The summed E-state index contributed by atoms with van der Waals surface area (Å²) >= 11 is 6.15. The minimum Gasteiger partial charge on any atom is -0.442 e. The number of nitrogens with zero attached hydrogens (tertiary/aromatic N) is 3. The van der Waals surface area contributed by atoms with Crippen molar-refractivity contribution >= 4 is 17.7 Å². The van der Waals surface area contributed by atoms with E-state index in [1.165, 1.54) is 25.3 Å². The van der Waals surface area contributed by atoms with Crippen molar-refractivity contribution in [1.29, 1.82) is 0 Å². The van der Waals surface area contributed by atoms with E-state index in [0.29, 0.717) is 36.8 Å². The van der Waals surface area contributed by atoms with Crippen molar-refractivity contribution in [2.45, 2.75) is 38.0 Å². The molecule has 0 unspecified atom stereocenters. The molecule has 1 aromatic rings. The van der Waals surface area contributed by atoms with Crippen LogP contribution in [0.2, 0.25) is 5.02 Å². The number of ether oxygens (including phenoxy) is 1. The number of piperidine rings is 1. The second-order valence-electron chi connectivity index (χ2n) is 7.48. The van der Waals surface area contributed by atoms with Gasteiger partial charge in [0.1, 0.15) is 11.9 Å². The molecule has 3 aliphatic rings. The van der Waals surface area contributed by atoms with Gasteiger partial charge in [-0.3, -0.25) is 9.80 Å². The molecule has 3 heterocycles. The Morgan fingerprint density at radius 1 is 1.12 bits per heavy atom. The van der Waals surface area contributed by atoms with Crippen molar-refractivity contribution in [3.8, 4) is 0 Å². The maximum Gasteiger partial charge on any atom is 0.410 e. The van der Waals surface area contributed by atoms with Crippen LogP contribution in [0.3, 0.4) is 0 Å². The van der Waals surface area contributed by atoms with E-state index in [2.05, 4.69) is 9.80 Å². The van der Waals surface area contributed by atoms with E-state index >= 15 is 0 Å². The molecular weight excluding hydrogens is 357 g/mol. The standard InChI is InChI=1S/C19H25ClFN3O2/c20-15-5-4-6-16(21)14(15)11-23-12-17-18(13-23)26-19(25)24(17)10-9-22-7-2-1-3-8-22/h4-6,17-18H,1-3,7-13H2/t17-,18+/m0/s1. The van der Waals surface area contributed by atoms with E-state index in [4.69, 9.17) is 16.3 Å². The number of benzene rings is 1. The van der Waals surface area contributed by atoms with Crippen molar-refractivity contribution in [3.05, 3.63) is 34.6 Å². The first-order chi connectivity index (χ1) is 12.6. The zero-order valence-corrected chi connectivity index (χ0v) is 15.6. The van der Waals surface area contributed by atoms with Crippen LogP contribution in [0.5, 0.6) is 0 Å². The molecule has 0 saturated carbocycles. The molecule has 3 saturated heterocycles. The Morgan fingerprint density at radius 3 is 2.69 bits per heavy atom. The third-order valence-corrected chi connectivity index (χ3v) is 6.10. The zero-order chi connectivity index (χ0) is 18.1. The summed E-state index contributed by atoms with van der Waals surface area (Å²) < 4.78 is 19.6. The second kappa shape index (κ2) is 7.71. The maximum atomic E-state index is 14.0. The molecule has 3 fully saturated rings. The van der Waals surface area contributed by atoms with Gasteiger partial charge in [-0.15, -0.1) is 0 Å². The second-order valence-corrected chi connectivity index (χ2v) is 7.89. The molecule has 26 heavy (non-hydrogen) atoms. The van der Waals surface area contributed by atoms with Gasteiger partial charge in [-0.25, -0.2) is 9.18 Å². The average Bonchev–Trinajstić information content (AvgIpc) is 3.14. The number of hydrogen-bond donors (Lipinski definition) is 0. The molecule has 0 N–H and O–H groups in total.